The van der Waals surface area contributed by atoms with Crippen molar-refractivity contribution in [3.05, 3.63) is 191 Å². The molecule has 6 heteroatoms. The second-order valence-electron chi connectivity index (χ2n) is 14.9. The van der Waals surface area contributed by atoms with Gasteiger partial charge in [-0.1, -0.05) is 72.9 Å². The first-order valence-electron chi connectivity index (χ1n) is 18.7. The van der Waals surface area contributed by atoms with E-state index in [1.54, 1.807) is 6.26 Å². The van der Waals surface area contributed by atoms with Gasteiger partial charge in [-0.05, 0) is 129 Å². The van der Waals surface area contributed by atoms with Gasteiger partial charge in [0, 0.05) is 53.2 Å². The van der Waals surface area contributed by atoms with Crippen LogP contribution in [0.4, 0.5) is 11.4 Å². The summed E-state index contributed by atoms with van der Waals surface area (Å²) in [6.07, 6.45) is 12.2. The highest BCUT2D eigenvalue weighted by Crippen LogP contribution is 2.44. The first kappa shape index (κ1) is 36.5. The molecule has 6 nitrogen and oxygen atoms in total. The monoisotopic (exact) mass is 717 g/mol. The fraction of sp³-hybridized carbons (Fsp3) is 0.250. The maximum atomic E-state index is 6.37. The number of nitrogens with zero attached hydrogens (tertiary/aromatic N) is 3. The molecule has 0 amide bonds. The lowest BCUT2D eigenvalue weighted by Crippen LogP contribution is -2.34. The summed E-state index contributed by atoms with van der Waals surface area (Å²) in [4.78, 5) is 6.78. The highest BCUT2D eigenvalue weighted by molar-refractivity contribution is 5.60. The van der Waals surface area contributed by atoms with Crippen LogP contribution in [-0.4, -0.2) is 31.6 Å². The van der Waals surface area contributed by atoms with Crippen molar-refractivity contribution in [3.63, 3.8) is 0 Å². The maximum absolute atomic E-state index is 6.37. The predicted molar refractivity (Wildman–Crippen MR) is 222 cm³/mol. The highest BCUT2D eigenvalue weighted by Gasteiger charge is 2.35. The number of fused-ring (bicyclic) bond motifs is 2. The van der Waals surface area contributed by atoms with E-state index in [2.05, 4.69) is 153 Å². The van der Waals surface area contributed by atoms with Gasteiger partial charge < -0.3 is 28.9 Å². The normalized spacial score (nSPS) is 18.7. The molecule has 0 fully saturated rings. The molecule has 0 saturated heterocycles. The molecule has 0 bridgehead atoms. The number of benzene rings is 4. The zero-order valence-electron chi connectivity index (χ0n) is 32.3. The molecule has 4 aromatic rings. The number of rotatable bonds is 8. The van der Waals surface area contributed by atoms with Crippen LogP contribution in [0.1, 0.15) is 54.2 Å². The number of aryl methyl sites for hydroxylation is 2. The van der Waals surface area contributed by atoms with Crippen molar-refractivity contribution < 1.29 is 14.2 Å². The fourth-order valence-corrected chi connectivity index (χ4v) is 7.63. The van der Waals surface area contributed by atoms with E-state index >= 15 is 0 Å². The van der Waals surface area contributed by atoms with Crippen molar-refractivity contribution >= 4 is 11.4 Å². The summed E-state index contributed by atoms with van der Waals surface area (Å²) >= 11 is 0. The second-order valence-corrected chi connectivity index (χ2v) is 14.9. The molecule has 7 rings (SSSR count). The number of ether oxygens (including phenoxy) is 3. The number of hydrogen-bond donors (Lipinski definition) is 0. The average molecular weight is 718 g/mol. The molecule has 0 aromatic heterocycles. The van der Waals surface area contributed by atoms with Gasteiger partial charge in [0.25, 0.3) is 0 Å². The van der Waals surface area contributed by atoms with Crippen molar-refractivity contribution in [2.24, 2.45) is 0 Å². The predicted octanol–water partition coefficient (Wildman–Crippen LogP) is 10.6. The largest absolute Gasteiger partial charge is 0.481 e. The van der Waals surface area contributed by atoms with E-state index < -0.39 is 5.41 Å². The number of hydrogen-bond acceptors (Lipinski definition) is 6. The van der Waals surface area contributed by atoms with E-state index in [0.29, 0.717) is 26.7 Å². The third-order valence-electron chi connectivity index (χ3n) is 10.6. The third-order valence-corrected chi connectivity index (χ3v) is 10.6. The lowest BCUT2D eigenvalue weighted by molar-refractivity contribution is 0.129. The molecular formula is C48H51N3O3. The number of anilines is 2. The molecule has 0 spiro atoms. The zero-order valence-corrected chi connectivity index (χ0v) is 32.3. The summed E-state index contributed by atoms with van der Waals surface area (Å²) in [5.74, 6) is 1.85. The van der Waals surface area contributed by atoms with Gasteiger partial charge in [0.2, 0.25) is 0 Å². The Labute approximate surface area is 321 Å². The smallest absolute Gasteiger partial charge is 0.161 e. The molecule has 4 aromatic carbocycles. The Bertz CT molecular complexity index is 2080. The lowest BCUT2D eigenvalue weighted by atomic mass is 9.69. The molecule has 0 unspecified atom stereocenters. The van der Waals surface area contributed by atoms with Crippen LogP contribution in [-0.2, 0) is 23.2 Å². The average Bonchev–Trinajstić information content (AvgIpc) is 3.17. The van der Waals surface area contributed by atoms with Gasteiger partial charge in [-0.3, -0.25) is 0 Å². The van der Waals surface area contributed by atoms with Crippen molar-refractivity contribution in [3.8, 4) is 11.5 Å². The van der Waals surface area contributed by atoms with Crippen LogP contribution in [0.25, 0.3) is 0 Å². The SMILES string of the molecule is C=C/C(=C\C(=C)C)N1CO/C=C/C=C(C(C)(c2ccc3c(c2)CN(c2cccc(C)c2)CO3)c2ccc3c(c2)CN(c2cccc(C)c2)CO3)\C=C(/C)C1. The van der Waals surface area contributed by atoms with Crippen molar-refractivity contribution in [1.82, 2.24) is 4.90 Å². The van der Waals surface area contributed by atoms with E-state index in [-0.39, 0.29) is 0 Å². The van der Waals surface area contributed by atoms with E-state index in [1.165, 1.54) is 27.8 Å². The summed E-state index contributed by atoms with van der Waals surface area (Å²) in [5, 5.41) is 0. The number of allylic oxidation sites excluding steroid dienone is 7. The first-order chi connectivity index (χ1) is 26.1. The Morgan fingerprint density at radius 3 is 1.83 bits per heavy atom. The Morgan fingerprint density at radius 2 is 1.31 bits per heavy atom. The fourth-order valence-electron chi connectivity index (χ4n) is 7.63. The second kappa shape index (κ2) is 15.6. The third kappa shape index (κ3) is 7.74. The van der Waals surface area contributed by atoms with E-state index in [4.69, 9.17) is 14.2 Å². The molecule has 0 saturated carbocycles. The van der Waals surface area contributed by atoms with Gasteiger partial charge >= 0.3 is 0 Å². The minimum absolute atomic E-state index is 0.401. The Hall–Kier alpha value is -5.88. The summed E-state index contributed by atoms with van der Waals surface area (Å²) in [7, 11) is 0. The molecule has 3 aliphatic rings. The van der Waals surface area contributed by atoms with Gasteiger partial charge in [-0.15, -0.1) is 0 Å². The van der Waals surface area contributed by atoms with E-state index in [9.17, 15) is 0 Å². The molecule has 54 heavy (non-hydrogen) atoms. The minimum atomic E-state index is -0.564. The van der Waals surface area contributed by atoms with Crippen LogP contribution in [0.3, 0.4) is 0 Å². The molecule has 0 atom stereocenters. The van der Waals surface area contributed by atoms with Crippen LogP contribution in [0, 0.1) is 13.8 Å². The van der Waals surface area contributed by atoms with Crippen LogP contribution >= 0.6 is 0 Å². The first-order valence-corrected chi connectivity index (χ1v) is 18.7. The van der Waals surface area contributed by atoms with E-state index in [1.807, 2.05) is 25.2 Å². The topological polar surface area (TPSA) is 37.4 Å². The molecule has 276 valence electrons. The van der Waals surface area contributed by atoms with Crippen molar-refractivity contribution in [2.45, 2.75) is 53.1 Å². The minimum Gasteiger partial charge on any atom is -0.481 e. The van der Waals surface area contributed by atoms with Gasteiger partial charge in [-0.25, -0.2) is 0 Å². The summed E-state index contributed by atoms with van der Waals surface area (Å²) in [5.41, 5.74) is 13.1. The highest BCUT2D eigenvalue weighted by atomic mass is 16.5. The van der Waals surface area contributed by atoms with Crippen LogP contribution in [0.2, 0.25) is 0 Å². The molecule has 3 heterocycles. The van der Waals surface area contributed by atoms with E-state index in [0.717, 1.165) is 63.9 Å². The molecule has 0 radical (unpaired) electrons. The van der Waals surface area contributed by atoms with Gasteiger partial charge in [0.05, 0.1) is 6.26 Å². The Morgan fingerprint density at radius 1 is 0.741 bits per heavy atom. The van der Waals surface area contributed by atoms with Gasteiger partial charge in [0.15, 0.2) is 20.2 Å². The van der Waals surface area contributed by atoms with Crippen LogP contribution < -0.4 is 19.3 Å². The van der Waals surface area contributed by atoms with Crippen LogP contribution in [0.5, 0.6) is 11.5 Å². The Kier molecular flexibility index (Phi) is 10.5. The summed E-state index contributed by atoms with van der Waals surface area (Å²) < 4.78 is 18.8. The quantitative estimate of drug-likeness (QED) is 0.169. The lowest BCUT2D eigenvalue weighted by Gasteiger charge is -2.37. The van der Waals surface area contributed by atoms with Crippen molar-refractivity contribution in [1.29, 1.82) is 0 Å². The summed E-state index contributed by atoms with van der Waals surface area (Å²) in [6, 6.07) is 30.7. The summed E-state index contributed by atoms with van der Waals surface area (Å²) in [6.45, 7) is 22.6. The Balaban J connectivity index is 1.33. The molecular weight excluding hydrogens is 667 g/mol. The zero-order chi connectivity index (χ0) is 37.8. The maximum Gasteiger partial charge on any atom is 0.161 e. The standard InChI is InChI=1S/C48H51N3O3/c1-8-43(22-34(2)3)49-28-37(6)23-40(14-11-21-52-31-49)48(7,41-17-19-46-38(26-41)29-50(32-53-46)44-15-9-12-35(4)24-44)42-18-20-47-39(27-42)30-51(33-54-47)45-16-10-13-36(5)25-45/h8-27H,1-2,28-33H2,3-7H3/b21-11+,37-23+,40-14+,43-22+. The van der Waals surface area contributed by atoms with Gasteiger partial charge in [0.1, 0.15) is 11.5 Å². The molecule has 0 aliphatic carbocycles. The van der Waals surface area contributed by atoms with Crippen molar-refractivity contribution in [2.75, 3.05) is 36.5 Å². The molecule has 0 N–H and O–H groups in total. The van der Waals surface area contributed by atoms with Gasteiger partial charge in [-0.2, -0.15) is 0 Å². The van der Waals surface area contributed by atoms with Crippen LogP contribution in [0.15, 0.2) is 157 Å². The molecule has 3 aliphatic heterocycles.